The Morgan fingerprint density at radius 2 is 2.08 bits per heavy atom. The maximum absolute atomic E-state index is 9.12. The number of phenols is 1. The topological polar surface area (TPSA) is 38.7 Å². The Bertz CT molecular complexity index is 258. The van der Waals surface area contributed by atoms with E-state index in [2.05, 4.69) is 0 Å². The van der Waals surface area contributed by atoms with Crippen LogP contribution in [0.4, 0.5) is 0 Å². The van der Waals surface area contributed by atoms with Crippen molar-refractivity contribution in [2.75, 3.05) is 14.2 Å². The number of methoxy groups -OCH3 is 2. The van der Waals surface area contributed by atoms with Gasteiger partial charge >= 0.3 is 0 Å². The normalized spacial score (nSPS) is 9.83. The van der Waals surface area contributed by atoms with Crippen LogP contribution in [0.15, 0.2) is 18.2 Å². The Kier molecular flexibility index (Phi) is 2.94. The van der Waals surface area contributed by atoms with Crippen molar-refractivity contribution in [1.29, 1.82) is 0 Å². The predicted octanol–water partition coefficient (Wildman–Crippen LogP) is 1.55. The number of phenolic OH excluding ortho intramolecular Hbond substituents is 1. The van der Waals surface area contributed by atoms with E-state index in [9.17, 15) is 0 Å². The van der Waals surface area contributed by atoms with Crippen molar-refractivity contribution >= 4 is 0 Å². The summed E-state index contributed by atoms with van der Waals surface area (Å²) >= 11 is 0. The van der Waals surface area contributed by atoms with Crippen LogP contribution in [-0.2, 0) is 11.3 Å². The molecule has 0 heterocycles. The molecule has 66 valence electrons. The molecule has 3 nitrogen and oxygen atoms in total. The number of ether oxygens (including phenoxy) is 2. The van der Waals surface area contributed by atoms with Gasteiger partial charge in [0.2, 0.25) is 0 Å². The standard InChI is InChI=1S/C9H12O3/c1-11-6-7-3-4-8(10)5-9(7)12-2/h3-5,10H,6H2,1-2H3. The molecule has 0 aliphatic rings. The second-order valence-corrected chi connectivity index (χ2v) is 2.43. The first-order valence-electron chi connectivity index (χ1n) is 3.62. The van der Waals surface area contributed by atoms with Crippen LogP contribution in [0.2, 0.25) is 0 Å². The molecule has 0 radical (unpaired) electrons. The molecule has 0 fully saturated rings. The quantitative estimate of drug-likeness (QED) is 0.744. The van der Waals surface area contributed by atoms with Crippen molar-refractivity contribution in [1.82, 2.24) is 0 Å². The van der Waals surface area contributed by atoms with E-state index in [-0.39, 0.29) is 5.75 Å². The molecule has 0 saturated carbocycles. The first-order valence-corrected chi connectivity index (χ1v) is 3.62. The minimum atomic E-state index is 0.201. The molecule has 12 heavy (non-hydrogen) atoms. The molecule has 0 aliphatic carbocycles. The largest absolute Gasteiger partial charge is 0.508 e. The van der Waals surface area contributed by atoms with Crippen LogP contribution < -0.4 is 4.74 Å². The zero-order valence-electron chi connectivity index (χ0n) is 7.20. The lowest BCUT2D eigenvalue weighted by molar-refractivity contribution is 0.181. The van der Waals surface area contributed by atoms with Gasteiger partial charge in [-0.1, -0.05) is 0 Å². The van der Waals surface area contributed by atoms with Crippen molar-refractivity contribution < 1.29 is 14.6 Å². The van der Waals surface area contributed by atoms with E-state index in [0.717, 1.165) is 5.56 Å². The van der Waals surface area contributed by atoms with Gasteiger partial charge in [0.1, 0.15) is 11.5 Å². The lowest BCUT2D eigenvalue weighted by Crippen LogP contribution is -1.92. The molecule has 0 amide bonds. The third kappa shape index (κ3) is 1.89. The lowest BCUT2D eigenvalue weighted by Gasteiger charge is -2.07. The fraction of sp³-hybridized carbons (Fsp3) is 0.333. The van der Waals surface area contributed by atoms with Gasteiger partial charge in [-0.25, -0.2) is 0 Å². The van der Waals surface area contributed by atoms with Gasteiger partial charge < -0.3 is 14.6 Å². The molecule has 1 aromatic carbocycles. The SMILES string of the molecule is COCc1ccc(O)cc1OC. The van der Waals surface area contributed by atoms with Gasteiger partial charge in [0.25, 0.3) is 0 Å². The number of rotatable bonds is 3. The summed E-state index contributed by atoms with van der Waals surface area (Å²) in [5, 5.41) is 9.12. The van der Waals surface area contributed by atoms with E-state index in [1.165, 1.54) is 0 Å². The van der Waals surface area contributed by atoms with E-state index in [4.69, 9.17) is 14.6 Å². The molecule has 3 heteroatoms. The third-order valence-corrected chi connectivity index (χ3v) is 1.57. The van der Waals surface area contributed by atoms with Crippen LogP contribution in [0.25, 0.3) is 0 Å². The molecular formula is C9H12O3. The number of hydrogen-bond donors (Lipinski definition) is 1. The molecule has 0 bridgehead atoms. The first kappa shape index (κ1) is 8.87. The van der Waals surface area contributed by atoms with E-state index in [0.29, 0.717) is 12.4 Å². The highest BCUT2D eigenvalue weighted by molar-refractivity contribution is 5.39. The van der Waals surface area contributed by atoms with Crippen molar-refractivity contribution in [2.24, 2.45) is 0 Å². The van der Waals surface area contributed by atoms with Crippen LogP contribution in [0, 0.1) is 0 Å². The van der Waals surface area contributed by atoms with Crippen LogP contribution in [0.3, 0.4) is 0 Å². The Morgan fingerprint density at radius 3 is 2.67 bits per heavy atom. The zero-order chi connectivity index (χ0) is 8.97. The average molecular weight is 168 g/mol. The number of hydrogen-bond acceptors (Lipinski definition) is 3. The molecule has 0 aliphatic heterocycles. The summed E-state index contributed by atoms with van der Waals surface area (Å²) < 4.78 is 9.99. The molecule has 0 spiro atoms. The monoisotopic (exact) mass is 168 g/mol. The molecule has 1 aromatic rings. The summed E-state index contributed by atoms with van der Waals surface area (Å²) in [4.78, 5) is 0. The molecule has 0 saturated heterocycles. The van der Waals surface area contributed by atoms with Crippen LogP contribution in [0.5, 0.6) is 11.5 Å². The smallest absolute Gasteiger partial charge is 0.128 e. The lowest BCUT2D eigenvalue weighted by atomic mass is 10.2. The third-order valence-electron chi connectivity index (χ3n) is 1.57. The van der Waals surface area contributed by atoms with Crippen LogP contribution in [0.1, 0.15) is 5.56 Å². The van der Waals surface area contributed by atoms with Gasteiger partial charge in [-0.15, -0.1) is 0 Å². The predicted molar refractivity (Wildman–Crippen MR) is 45.4 cm³/mol. The maximum Gasteiger partial charge on any atom is 0.128 e. The van der Waals surface area contributed by atoms with Gasteiger partial charge in [-0.3, -0.25) is 0 Å². The number of aromatic hydroxyl groups is 1. The van der Waals surface area contributed by atoms with Crippen molar-refractivity contribution in [3.8, 4) is 11.5 Å². The Morgan fingerprint density at radius 1 is 1.33 bits per heavy atom. The summed E-state index contributed by atoms with van der Waals surface area (Å²) in [6, 6.07) is 4.95. The Labute approximate surface area is 71.5 Å². The first-order chi connectivity index (χ1) is 5.77. The molecular weight excluding hydrogens is 156 g/mol. The highest BCUT2D eigenvalue weighted by Crippen LogP contribution is 2.23. The molecule has 1 N–H and O–H groups in total. The fourth-order valence-electron chi connectivity index (χ4n) is 1.01. The zero-order valence-corrected chi connectivity index (χ0v) is 7.20. The summed E-state index contributed by atoms with van der Waals surface area (Å²) in [6.45, 7) is 0.490. The highest BCUT2D eigenvalue weighted by Gasteiger charge is 2.02. The van der Waals surface area contributed by atoms with E-state index < -0.39 is 0 Å². The summed E-state index contributed by atoms with van der Waals surface area (Å²) in [6.07, 6.45) is 0. The minimum Gasteiger partial charge on any atom is -0.508 e. The van der Waals surface area contributed by atoms with E-state index >= 15 is 0 Å². The van der Waals surface area contributed by atoms with Gasteiger partial charge in [0.15, 0.2) is 0 Å². The molecule has 0 aromatic heterocycles. The van der Waals surface area contributed by atoms with Crippen molar-refractivity contribution in [2.45, 2.75) is 6.61 Å². The summed E-state index contributed by atoms with van der Waals surface area (Å²) in [5.41, 5.74) is 0.929. The second-order valence-electron chi connectivity index (χ2n) is 2.43. The van der Waals surface area contributed by atoms with Gasteiger partial charge in [-0.05, 0) is 12.1 Å². The molecule has 1 rings (SSSR count). The van der Waals surface area contributed by atoms with Crippen LogP contribution >= 0.6 is 0 Å². The molecule has 0 unspecified atom stereocenters. The summed E-state index contributed by atoms with van der Waals surface area (Å²) in [7, 11) is 3.18. The number of benzene rings is 1. The summed E-state index contributed by atoms with van der Waals surface area (Å²) in [5.74, 6) is 0.851. The minimum absolute atomic E-state index is 0.201. The van der Waals surface area contributed by atoms with E-state index in [1.54, 1.807) is 32.4 Å². The highest BCUT2D eigenvalue weighted by atomic mass is 16.5. The van der Waals surface area contributed by atoms with E-state index in [1.807, 2.05) is 0 Å². The van der Waals surface area contributed by atoms with Gasteiger partial charge in [0.05, 0.1) is 13.7 Å². The average Bonchev–Trinajstić information content (AvgIpc) is 2.08. The Hall–Kier alpha value is -1.22. The fourth-order valence-corrected chi connectivity index (χ4v) is 1.01. The van der Waals surface area contributed by atoms with Gasteiger partial charge in [-0.2, -0.15) is 0 Å². The second kappa shape index (κ2) is 3.97. The maximum atomic E-state index is 9.12. The Balaban J connectivity index is 2.94. The van der Waals surface area contributed by atoms with Gasteiger partial charge in [0, 0.05) is 18.7 Å². The van der Waals surface area contributed by atoms with Crippen molar-refractivity contribution in [3.63, 3.8) is 0 Å². The van der Waals surface area contributed by atoms with Crippen LogP contribution in [-0.4, -0.2) is 19.3 Å². The molecule has 0 atom stereocenters. The van der Waals surface area contributed by atoms with Crippen molar-refractivity contribution in [3.05, 3.63) is 23.8 Å².